The average Bonchev–Trinajstić information content (AvgIpc) is 2.33. The summed E-state index contributed by atoms with van der Waals surface area (Å²) in [7, 11) is 0. The first kappa shape index (κ1) is 11.4. The lowest BCUT2D eigenvalue weighted by molar-refractivity contribution is 0.627. The van der Waals surface area contributed by atoms with Gasteiger partial charge in [0, 0.05) is 6.20 Å². The van der Waals surface area contributed by atoms with Gasteiger partial charge in [-0.25, -0.2) is 4.39 Å². The van der Waals surface area contributed by atoms with Gasteiger partial charge in [-0.15, -0.1) is 0 Å². The van der Waals surface area contributed by atoms with Crippen LogP contribution in [0.3, 0.4) is 0 Å². The Morgan fingerprint density at radius 1 is 1.35 bits per heavy atom. The van der Waals surface area contributed by atoms with Crippen molar-refractivity contribution >= 4 is 11.6 Å². The van der Waals surface area contributed by atoms with Crippen LogP contribution in [0.15, 0.2) is 41.3 Å². The highest BCUT2D eigenvalue weighted by atomic mass is 35.5. The lowest BCUT2D eigenvalue weighted by Crippen LogP contribution is -2.19. The summed E-state index contributed by atoms with van der Waals surface area (Å²) in [6.07, 6.45) is 1.49. The molecule has 0 saturated carbocycles. The molecule has 2 rings (SSSR count). The van der Waals surface area contributed by atoms with Crippen LogP contribution in [0.1, 0.15) is 5.56 Å². The summed E-state index contributed by atoms with van der Waals surface area (Å²) in [5.41, 5.74) is -0.0240. The molecule has 0 radical (unpaired) electrons. The highest BCUT2D eigenvalue weighted by Crippen LogP contribution is 2.17. The van der Waals surface area contributed by atoms with Crippen LogP contribution in [0, 0.1) is 17.1 Å². The first-order chi connectivity index (χ1) is 8.13. The predicted octanol–water partition coefficient (Wildman–Crippen LogP) is 2.50. The Hall–Kier alpha value is -2.12. The van der Waals surface area contributed by atoms with Gasteiger partial charge in [0.1, 0.15) is 17.4 Å². The summed E-state index contributed by atoms with van der Waals surface area (Å²) < 4.78 is 14.2. The van der Waals surface area contributed by atoms with Gasteiger partial charge in [0.2, 0.25) is 0 Å². The fraction of sp³-hybridized carbons (Fsp3) is 0. The van der Waals surface area contributed by atoms with Crippen molar-refractivity contribution in [1.29, 1.82) is 5.26 Å². The van der Waals surface area contributed by atoms with Gasteiger partial charge in [-0.2, -0.15) is 5.26 Å². The van der Waals surface area contributed by atoms with E-state index in [0.29, 0.717) is 5.69 Å². The smallest absolute Gasteiger partial charge is 0.272 e. The van der Waals surface area contributed by atoms with E-state index in [1.54, 1.807) is 12.1 Å². The van der Waals surface area contributed by atoms with Crippen molar-refractivity contribution in [3.63, 3.8) is 0 Å². The molecule has 0 aliphatic heterocycles. The predicted molar refractivity (Wildman–Crippen MR) is 61.7 cm³/mol. The van der Waals surface area contributed by atoms with E-state index in [0.717, 1.165) is 0 Å². The third-order valence-corrected chi connectivity index (χ3v) is 2.54. The molecule has 0 atom stereocenters. The van der Waals surface area contributed by atoms with Crippen LogP contribution < -0.4 is 5.56 Å². The molecule has 1 heterocycles. The van der Waals surface area contributed by atoms with E-state index >= 15 is 0 Å². The van der Waals surface area contributed by atoms with E-state index in [9.17, 15) is 9.18 Å². The lowest BCUT2D eigenvalue weighted by Gasteiger charge is -2.06. The maximum absolute atomic E-state index is 13.0. The van der Waals surface area contributed by atoms with Crippen LogP contribution in [0.2, 0.25) is 5.02 Å². The van der Waals surface area contributed by atoms with Crippen molar-refractivity contribution in [1.82, 2.24) is 4.57 Å². The largest absolute Gasteiger partial charge is 0.283 e. The first-order valence-electron chi connectivity index (χ1n) is 4.70. The molecular weight excluding hydrogens is 243 g/mol. The zero-order valence-electron chi connectivity index (χ0n) is 8.52. The Kier molecular flexibility index (Phi) is 2.94. The zero-order chi connectivity index (χ0) is 12.4. The van der Waals surface area contributed by atoms with Gasteiger partial charge in [-0.3, -0.25) is 9.36 Å². The number of nitriles is 1. The van der Waals surface area contributed by atoms with Crippen molar-refractivity contribution in [3.05, 3.63) is 63.3 Å². The van der Waals surface area contributed by atoms with E-state index in [-0.39, 0.29) is 10.6 Å². The Bertz CT molecular complexity index is 673. The van der Waals surface area contributed by atoms with Crippen LogP contribution in [0.5, 0.6) is 0 Å². The highest BCUT2D eigenvalue weighted by molar-refractivity contribution is 6.30. The molecule has 3 nitrogen and oxygen atoms in total. The van der Waals surface area contributed by atoms with Gasteiger partial charge in [0.15, 0.2) is 0 Å². The number of aromatic nitrogens is 1. The number of pyridine rings is 1. The van der Waals surface area contributed by atoms with Crippen LogP contribution >= 0.6 is 11.6 Å². The minimum absolute atomic E-state index is 0.0212. The second-order valence-electron chi connectivity index (χ2n) is 3.31. The molecule has 0 saturated heterocycles. The SMILES string of the molecule is N#Cc1cccn(-c2ccc(F)c(Cl)c2)c1=O. The quantitative estimate of drug-likeness (QED) is 0.778. The van der Waals surface area contributed by atoms with Crippen molar-refractivity contribution in [3.8, 4) is 11.8 Å². The van der Waals surface area contributed by atoms with Gasteiger partial charge < -0.3 is 0 Å². The fourth-order valence-corrected chi connectivity index (χ4v) is 1.59. The van der Waals surface area contributed by atoms with Crippen LogP contribution in [0.4, 0.5) is 4.39 Å². The number of rotatable bonds is 1. The molecule has 0 bridgehead atoms. The molecular formula is C12H6ClFN2O. The standard InChI is InChI=1S/C12H6ClFN2O/c13-10-6-9(3-4-11(10)14)16-5-1-2-8(7-15)12(16)17/h1-6H. The van der Waals surface area contributed by atoms with Crippen molar-refractivity contribution < 1.29 is 4.39 Å². The topological polar surface area (TPSA) is 45.8 Å². The molecule has 2 aromatic rings. The van der Waals surface area contributed by atoms with Crippen LogP contribution in [-0.2, 0) is 0 Å². The van der Waals surface area contributed by atoms with Gasteiger partial charge in [0.25, 0.3) is 5.56 Å². The van der Waals surface area contributed by atoms with E-state index < -0.39 is 11.4 Å². The summed E-state index contributed by atoms with van der Waals surface area (Å²) >= 11 is 5.63. The Morgan fingerprint density at radius 3 is 2.76 bits per heavy atom. The molecule has 0 amide bonds. The normalized spacial score (nSPS) is 9.94. The maximum atomic E-state index is 13.0. The van der Waals surface area contributed by atoms with Crippen LogP contribution in [-0.4, -0.2) is 4.57 Å². The first-order valence-corrected chi connectivity index (χ1v) is 5.08. The Labute approximate surface area is 101 Å². The van der Waals surface area contributed by atoms with E-state index in [2.05, 4.69) is 0 Å². The van der Waals surface area contributed by atoms with Gasteiger partial charge in [-0.05, 0) is 30.3 Å². The number of hydrogen-bond acceptors (Lipinski definition) is 2. The lowest BCUT2D eigenvalue weighted by atomic mass is 10.2. The molecule has 0 fully saturated rings. The molecule has 84 valence electrons. The fourth-order valence-electron chi connectivity index (χ4n) is 1.42. The molecule has 0 spiro atoms. The summed E-state index contributed by atoms with van der Waals surface area (Å²) in [6, 6.07) is 8.70. The summed E-state index contributed by atoms with van der Waals surface area (Å²) in [6.45, 7) is 0. The maximum Gasteiger partial charge on any atom is 0.272 e. The minimum Gasteiger partial charge on any atom is -0.283 e. The minimum atomic E-state index is -0.556. The molecule has 0 aliphatic rings. The second-order valence-corrected chi connectivity index (χ2v) is 3.71. The number of nitrogens with zero attached hydrogens (tertiary/aromatic N) is 2. The molecule has 0 aliphatic carbocycles. The summed E-state index contributed by atoms with van der Waals surface area (Å²) in [5.74, 6) is -0.556. The van der Waals surface area contributed by atoms with Gasteiger partial charge in [-0.1, -0.05) is 11.6 Å². The second kappa shape index (κ2) is 4.40. The van der Waals surface area contributed by atoms with Gasteiger partial charge >= 0.3 is 0 Å². The molecule has 0 N–H and O–H groups in total. The average molecular weight is 249 g/mol. The van der Waals surface area contributed by atoms with Crippen molar-refractivity contribution in [2.75, 3.05) is 0 Å². The summed E-state index contributed by atoms with van der Waals surface area (Å²) in [4.78, 5) is 11.8. The van der Waals surface area contributed by atoms with Crippen LogP contribution in [0.25, 0.3) is 5.69 Å². The molecule has 1 aromatic carbocycles. The third-order valence-electron chi connectivity index (χ3n) is 2.25. The van der Waals surface area contributed by atoms with Crippen molar-refractivity contribution in [2.24, 2.45) is 0 Å². The van der Waals surface area contributed by atoms with Crippen molar-refractivity contribution in [2.45, 2.75) is 0 Å². The number of benzene rings is 1. The molecule has 5 heteroatoms. The number of hydrogen-bond donors (Lipinski definition) is 0. The number of halogens is 2. The molecule has 17 heavy (non-hydrogen) atoms. The Morgan fingerprint density at radius 2 is 2.12 bits per heavy atom. The van der Waals surface area contributed by atoms with E-state index in [1.165, 1.54) is 35.0 Å². The van der Waals surface area contributed by atoms with Gasteiger partial charge in [0.05, 0.1) is 10.7 Å². The monoisotopic (exact) mass is 248 g/mol. The van der Waals surface area contributed by atoms with E-state index in [1.807, 2.05) is 0 Å². The summed E-state index contributed by atoms with van der Waals surface area (Å²) in [5, 5.41) is 8.67. The molecule has 1 aromatic heterocycles. The molecule has 0 unspecified atom stereocenters. The Balaban J connectivity index is 2.66. The highest BCUT2D eigenvalue weighted by Gasteiger charge is 2.06. The third kappa shape index (κ3) is 2.05. The van der Waals surface area contributed by atoms with E-state index in [4.69, 9.17) is 16.9 Å². The zero-order valence-corrected chi connectivity index (χ0v) is 9.28.